The van der Waals surface area contributed by atoms with Crippen molar-refractivity contribution in [3.8, 4) is 5.75 Å². The summed E-state index contributed by atoms with van der Waals surface area (Å²) >= 11 is 0. The smallest absolute Gasteiger partial charge is 0.270 e. The predicted molar refractivity (Wildman–Crippen MR) is 102 cm³/mol. The monoisotopic (exact) mass is 363 g/mol. The first-order valence-electron chi connectivity index (χ1n) is 9.00. The molecular formula is C21H21N3O3. The number of carbonyl (C=O) groups is 1. The molecule has 1 aliphatic rings. The summed E-state index contributed by atoms with van der Waals surface area (Å²) in [5.41, 5.74) is 2.16. The number of amides is 1. The van der Waals surface area contributed by atoms with Gasteiger partial charge in [0.05, 0.1) is 13.2 Å². The summed E-state index contributed by atoms with van der Waals surface area (Å²) in [5, 5.41) is 3.04. The zero-order chi connectivity index (χ0) is 19.0. The van der Waals surface area contributed by atoms with Crippen LogP contribution in [-0.4, -0.2) is 22.4 Å². The lowest BCUT2D eigenvalue weighted by atomic mass is 10.0. The van der Waals surface area contributed by atoms with Crippen molar-refractivity contribution >= 4 is 11.6 Å². The number of nitrogens with one attached hydrogen (secondary N) is 1. The number of aryl methyl sites for hydroxylation is 1. The highest BCUT2D eigenvalue weighted by molar-refractivity contribution is 5.94. The molecule has 4 rings (SSSR count). The maximum absolute atomic E-state index is 12.8. The molecule has 0 spiro atoms. The van der Waals surface area contributed by atoms with Gasteiger partial charge >= 0.3 is 0 Å². The summed E-state index contributed by atoms with van der Waals surface area (Å²) in [7, 11) is 1.62. The molecule has 1 amide bonds. The highest BCUT2D eigenvalue weighted by Crippen LogP contribution is 2.41. The Morgan fingerprint density at radius 1 is 1.26 bits per heavy atom. The molecule has 1 aliphatic carbocycles. The first-order chi connectivity index (χ1) is 13.1. The summed E-state index contributed by atoms with van der Waals surface area (Å²) in [6.07, 6.45) is 5.13. The maximum Gasteiger partial charge on any atom is 0.270 e. The van der Waals surface area contributed by atoms with Crippen LogP contribution in [0, 0.1) is 12.8 Å². The van der Waals surface area contributed by atoms with Gasteiger partial charge in [0, 0.05) is 12.4 Å². The third-order valence-electron chi connectivity index (χ3n) is 5.03. The van der Waals surface area contributed by atoms with Crippen molar-refractivity contribution in [1.82, 2.24) is 14.7 Å². The van der Waals surface area contributed by atoms with E-state index in [1.807, 2.05) is 37.3 Å². The minimum absolute atomic E-state index is 0.0530. The van der Waals surface area contributed by atoms with Crippen LogP contribution in [-0.2, 0) is 0 Å². The van der Waals surface area contributed by atoms with Crippen molar-refractivity contribution < 1.29 is 9.53 Å². The number of methoxy groups -OCH3 is 1. The summed E-state index contributed by atoms with van der Waals surface area (Å²) in [5.74, 6) is 0.767. The Morgan fingerprint density at radius 2 is 2.00 bits per heavy atom. The fraction of sp³-hybridized carbons (Fsp3) is 0.286. The van der Waals surface area contributed by atoms with Gasteiger partial charge in [0.2, 0.25) is 0 Å². The molecule has 2 heterocycles. The van der Waals surface area contributed by atoms with Crippen LogP contribution in [0.15, 0.2) is 53.6 Å². The van der Waals surface area contributed by atoms with E-state index in [9.17, 15) is 9.59 Å². The van der Waals surface area contributed by atoms with Gasteiger partial charge < -0.3 is 10.1 Å². The van der Waals surface area contributed by atoms with Gasteiger partial charge in [-0.05, 0) is 55.0 Å². The minimum atomic E-state index is -0.392. The molecule has 6 nitrogen and oxygen atoms in total. The molecule has 6 heteroatoms. The van der Waals surface area contributed by atoms with E-state index < -0.39 is 5.91 Å². The standard InChI is InChI=1S/C21H21N3O3/c1-13-4-3-11-24-19(13)22-12-17(21(24)26)20(25)23-18(14-5-6-14)15-7-9-16(27-2)10-8-15/h3-4,7-12,14,18H,5-6H2,1-2H3,(H,23,25)/t18-/m1/s1. The van der Waals surface area contributed by atoms with Crippen LogP contribution >= 0.6 is 0 Å². The third kappa shape index (κ3) is 3.30. The Kier molecular flexibility index (Phi) is 4.39. The molecule has 0 saturated heterocycles. The van der Waals surface area contributed by atoms with E-state index in [0.717, 1.165) is 29.7 Å². The third-order valence-corrected chi connectivity index (χ3v) is 5.03. The maximum atomic E-state index is 12.8. The number of benzene rings is 1. The Labute approximate surface area is 156 Å². The number of fused-ring (bicyclic) bond motifs is 1. The number of hydrogen-bond acceptors (Lipinski definition) is 4. The number of aromatic nitrogens is 2. The molecule has 1 saturated carbocycles. The second-order valence-corrected chi connectivity index (χ2v) is 6.92. The van der Waals surface area contributed by atoms with Crippen molar-refractivity contribution in [2.24, 2.45) is 5.92 Å². The fourth-order valence-electron chi connectivity index (χ4n) is 3.34. The van der Waals surface area contributed by atoms with Crippen LogP contribution in [0.2, 0.25) is 0 Å². The lowest BCUT2D eigenvalue weighted by molar-refractivity contribution is 0.0929. The summed E-state index contributed by atoms with van der Waals surface area (Å²) in [6.45, 7) is 1.88. The molecule has 2 aromatic heterocycles. The molecule has 1 atom stereocenters. The average molecular weight is 363 g/mol. The lowest BCUT2D eigenvalue weighted by Gasteiger charge is -2.19. The first kappa shape index (κ1) is 17.3. The van der Waals surface area contributed by atoms with Crippen molar-refractivity contribution in [1.29, 1.82) is 0 Å². The van der Waals surface area contributed by atoms with Gasteiger partial charge in [-0.2, -0.15) is 0 Å². The molecule has 27 heavy (non-hydrogen) atoms. The largest absolute Gasteiger partial charge is 0.497 e. The molecule has 1 fully saturated rings. The summed E-state index contributed by atoms with van der Waals surface area (Å²) in [6, 6.07) is 11.2. The number of pyridine rings is 1. The number of carbonyl (C=O) groups excluding carboxylic acids is 1. The average Bonchev–Trinajstić information content (AvgIpc) is 3.52. The van der Waals surface area contributed by atoms with Gasteiger partial charge in [-0.25, -0.2) is 4.98 Å². The van der Waals surface area contributed by atoms with Gasteiger partial charge in [-0.15, -0.1) is 0 Å². The number of rotatable bonds is 5. The van der Waals surface area contributed by atoms with E-state index in [0.29, 0.717) is 11.6 Å². The predicted octanol–water partition coefficient (Wildman–Crippen LogP) is 2.89. The molecule has 1 N–H and O–H groups in total. The highest BCUT2D eigenvalue weighted by Gasteiger charge is 2.34. The van der Waals surface area contributed by atoms with E-state index in [2.05, 4.69) is 10.3 Å². The Bertz CT molecular complexity index is 1050. The van der Waals surface area contributed by atoms with Crippen molar-refractivity contribution in [2.45, 2.75) is 25.8 Å². The zero-order valence-electron chi connectivity index (χ0n) is 15.3. The molecule has 0 bridgehead atoms. The van der Waals surface area contributed by atoms with Crippen molar-refractivity contribution in [3.63, 3.8) is 0 Å². The highest BCUT2D eigenvalue weighted by atomic mass is 16.5. The SMILES string of the molecule is COc1ccc([C@H](NC(=O)c2cnc3c(C)cccn3c2=O)C2CC2)cc1. The second kappa shape index (κ2) is 6.87. The van der Waals surface area contributed by atoms with E-state index in [1.54, 1.807) is 19.4 Å². The van der Waals surface area contributed by atoms with Crippen LogP contribution in [0.25, 0.3) is 5.65 Å². The van der Waals surface area contributed by atoms with Crippen LogP contribution in [0.5, 0.6) is 5.75 Å². The number of nitrogens with zero attached hydrogens (tertiary/aromatic N) is 2. The molecule has 0 unspecified atom stereocenters. The molecule has 0 aliphatic heterocycles. The van der Waals surface area contributed by atoms with Gasteiger partial charge in [-0.1, -0.05) is 18.2 Å². The molecule has 138 valence electrons. The second-order valence-electron chi connectivity index (χ2n) is 6.92. The normalized spacial score (nSPS) is 14.7. The fourth-order valence-corrected chi connectivity index (χ4v) is 3.34. The summed E-state index contributed by atoms with van der Waals surface area (Å²) in [4.78, 5) is 29.9. The van der Waals surface area contributed by atoms with Gasteiger partial charge in [0.1, 0.15) is 17.0 Å². The molecule has 1 aromatic carbocycles. The van der Waals surface area contributed by atoms with Crippen molar-refractivity contribution in [3.05, 3.63) is 75.8 Å². The Hall–Kier alpha value is -3.15. The molecular weight excluding hydrogens is 342 g/mol. The Morgan fingerprint density at radius 3 is 2.67 bits per heavy atom. The summed E-state index contributed by atoms with van der Waals surface area (Å²) < 4.78 is 6.62. The van der Waals surface area contributed by atoms with Crippen LogP contribution in [0.1, 0.15) is 40.4 Å². The van der Waals surface area contributed by atoms with E-state index in [1.165, 1.54) is 10.6 Å². The van der Waals surface area contributed by atoms with E-state index in [4.69, 9.17) is 4.74 Å². The molecule has 3 aromatic rings. The minimum Gasteiger partial charge on any atom is -0.497 e. The topological polar surface area (TPSA) is 72.7 Å². The van der Waals surface area contributed by atoms with Gasteiger partial charge in [0.25, 0.3) is 11.5 Å². The van der Waals surface area contributed by atoms with Gasteiger partial charge in [-0.3, -0.25) is 14.0 Å². The quantitative estimate of drug-likeness (QED) is 0.756. The first-order valence-corrected chi connectivity index (χ1v) is 9.00. The number of ether oxygens (including phenoxy) is 1. The molecule has 0 radical (unpaired) electrons. The van der Waals surface area contributed by atoms with E-state index >= 15 is 0 Å². The van der Waals surface area contributed by atoms with Crippen molar-refractivity contribution in [2.75, 3.05) is 7.11 Å². The number of hydrogen-bond donors (Lipinski definition) is 1. The van der Waals surface area contributed by atoms with E-state index in [-0.39, 0.29) is 17.2 Å². The van der Waals surface area contributed by atoms with Crippen LogP contribution < -0.4 is 15.6 Å². The lowest BCUT2D eigenvalue weighted by Crippen LogP contribution is -2.35. The zero-order valence-corrected chi connectivity index (χ0v) is 15.3. The van der Waals surface area contributed by atoms with Crippen LogP contribution in [0.3, 0.4) is 0 Å². The van der Waals surface area contributed by atoms with Crippen LogP contribution in [0.4, 0.5) is 0 Å². The van der Waals surface area contributed by atoms with Gasteiger partial charge in [0.15, 0.2) is 0 Å². The Balaban J connectivity index is 1.64.